The van der Waals surface area contributed by atoms with Crippen molar-refractivity contribution in [3.63, 3.8) is 0 Å². The van der Waals surface area contributed by atoms with Gasteiger partial charge >= 0.3 is 0 Å². The summed E-state index contributed by atoms with van der Waals surface area (Å²) in [5.41, 5.74) is 0. The minimum atomic E-state index is -0.222. The van der Waals surface area contributed by atoms with Gasteiger partial charge in [0.2, 0.25) is 5.91 Å². The van der Waals surface area contributed by atoms with Gasteiger partial charge in [0.25, 0.3) is 5.24 Å². The summed E-state index contributed by atoms with van der Waals surface area (Å²) < 4.78 is 0. The molecule has 1 heterocycles. The first kappa shape index (κ1) is 10.3. The summed E-state index contributed by atoms with van der Waals surface area (Å²) in [5.74, 6) is -0.0828. The summed E-state index contributed by atoms with van der Waals surface area (Å²) in [6.45, 7) is 5.47. The molecule has 0 bridgehead atoms. The van der Waals surface area contributed by atoms with E-state index in [1.165, 1.54) is 4.90 Å². The summed E-state index contributed by atoms with van der Waals surface area (Å²) >= 11 is 1.09. The van der Waals surface area contributed by atoms with Crippen molar-refractivity contribution in [2.24, 2.45) is 0 Å². The Labute approximate surface area is 82.2 Å². The van der Waals surface area contributed by atoms with E-state index in [0.29, 0.717) is 0 Å². The maximum absolute atomic E-state index is 11.5. The molecule has 0 aromatic heterocycles. The highest BCUT2D eigenvalue weighted by atomic mass is 32.2. The minimum absolute atomic E-state index is 0.0828. The molecule has 0 saturated carbocycles. The molecule has 1 fully saturated rings. The maximum Gasteiger partial charge on any atom is 0.289 e. The largest absolute Gasteiger partial charge is 0.289 e. The van der Waals surface area contributed by atoms with Crippen LogP contribution in [0.25, 0.3) is 0 Å². The van der Waals surface area contributed by atoms with Crippen LogP contribution in [0.15, 0.2) is 12.2 Å². The molecule has 3 nitrogen and oxygen atoms in total. The van der Waals surface area contributed by atoms with Gasteiger partial charge in [0, 0.05) is 0 Å². The zero-order valence-electron chi connectivity index (χ0n) is 7.98. The molecule has 0 aromatic rings. The molecule has 2 atom stereocenters. The summed E-state index contributed by atoms with van der Waals surface area (Å²) in [6, 6.07) is -0.123. The molecule has 72 valence electrons. The molecule has 1 aliphatic rings. The molecule has 0 N–H and O–H groups in total. The predicted molar refractivity (Wildman–Crippen MR) is 53.6 cm³/mol. The van der Waals surface area contributed by atoms with Gasteiger partial charge in [-0.25, -0.2) is 0 Å². The van der Waals surface area contributed by atoms with Gasteiger partial charge in [0.05, 0.1) is 11.3 Å². The molecule has 1 saturated heterocycles. The van der Waals surface area contributed by atoms with E-state index in [4.69, 9.17) is 0 Å². The van der Waals surface area contributed by atoms with Crippen molar-refractivity contribution in [2.75, 3.05) is 0 Å². The fourth-order valence-electron chi connectivity index (χ4n) is 1.28. The third-order valence-electron chi connectivity index (χ3n) is 1.94. The number of rotatable bonds is 2. The average molecular weight is 199 g/mol. The number of carbonyl (C=O) groups is 2. The minimum Gasteiger partial charge on any atom is -0.273 e. The van der Waals surface area contributed by atoms with Gasteiger partial charge < -0.3 is 0 Å². The number of imide groups is 1. The Morgan fingerprint density at radius 3 is 2.54 bits per heavy atom. The molecule has 4 heteroatoms. The van der Waals surface area contributed by atoms with Gasteiger partial charge in [-0.3, -0.25) is 14.5 Å². The fraction of sp³-hybridized carbons (Fsp3) is 0.556. The quantitative estimate of drug-likeness (QED) is 0.639. The first-order valence-corrected chi connectivity index (χ1v) is 5.12. The third-order valence-corrected chi connectivity index (χ3v) is 2.89. The first-order valence-electron chi connectivity index (χ1n) is 4.24. The molecule has 0 radical (unpaired) electrons. The number of amides is 2. The summed E-state index contributed by atoms with van der Waals surface area (Å²) in [7, 11) is 0. The highest BCUT2D eigenvalue weighted by Gasteiger charge is 2.38. The van der Waals surface area contributed by atoms with Crippen LogP contribution in [0.5, 0.6) is 0 Å². The highest BCUT2D eigenvalue weighted by molar-refractivity contribution is 8.15. The zero-order valence-corrected chi connectivity index (χ0v) is 8.80. The van der Waals surface area contributed by atoms with E-state index < -0.39 is 0 Å². The monoisotopic (exact) mass is 199 g/mol. The van der Waals surface area contributed by atoms with Crippen molar-refractivity contribution in [2.45, 2.75) is 32.1 Å². The van der Waals surface area contributed by atoms with Crippen molar-refractivity contribution in [1.29, 1.82) is 0 Å². The molecule has 0 aliphatic carbocycles. The van der Waals surface area contributed by atoms with E-state index >= 15 is 0 Å². The van der Waals surface area contributed by atoms with Gasteiger partial charge in [-0.15, -0.1) is 0 Å². The van der Waals surface area contributed by atoms with E-state index in [2.05, 4.69) is 0 Å². The predicted octanol–water partition coefficient (Wildman–Crippen LogP) is 2.03. The normalized spacial score (nSPS) is 26.1. The summed E-state index contributed by atoms with van der Waals surface area (Å²) in [6.07, 6.45) is 3.69. The van der Waals surface area contributed by atoms with Gasteiger partial charge in [-0.1, -0.05) is 23.9 Å². The zero-order chi connectivity index (χ0) is 10.0. The Hall–Kier alpha value is -0.770. The van der Waals surface area contributed by atoms with E-state index in [1.54, 1.807) is 6.92 Å². The van der Waals surface area contributed by atoms with Crippen LogP contribution in [0.1, 0.15) is 20.8 Å². The van der Waals surface area contributed by atoms with Crippen molar-refractivity contribution in [3.8, 4) is 0 Å². The van der Waals surface area contributed by atoms with Gasteiger partial charge in [0.15, 0.2) is 0 Å². The Bertz CT molecular complexity index is 262. The van der Waals surface area contributed by atoms with Crippen molar-refractivity contribution in [3.05, 3.63) is 12.2 Å². The van der Waals surface area contributed by atoms with Gasteiger partial charge in [-0.05, 0) is 20.8 Å². The Balaban J connectivity index is 2.79. The molecule has 1 aliphatic heterocycles. The highest BCUT2D eigenvalue weighted by Crippen LogP contribution is 2.28. The van der Waals surface area contributed by atoms with Crippen molar-refractivity contribution in [1.82, 2.24) is 4.90 Å². The molecule has 13 heavy (non-hydrogen) atoms. The Morgan fingerprint density at radius 2 is 2.15 bits per heavy atom. The van der Waals surface area contributed by atoms with E-state index in [-0.39, 0.29) is 22.4 Å². The lowest BCUT2D eigenvalue weighted by atomic mass is 10.2. The number of hydrogen-bond donors (Lipinski definition) is 0. The van der Waals surface area contributed by atoms with Crippen LogP contribution in [-0.2, 0) is 4.79 Å². The molecular weight excluding hydrogens is 186 g/mol. The first-order chi connectivity index (χ1) is 6.07. The second-order valence-electron chi connectivity index (χ2n) is 3.00. The van der Waals surface area contributed by atoms with Crippen LogP contribution in [0.2, 0.25) is 0 Å². The summed E-state index contributed by atoms with van der Waals surface area (Å²) in [5, 5.41) is -0.358. The molecule has 0 aromatic carbocycles. The van der Waals surface area contributed by atoms with Crippen LogP contribution in [-0.4, -0.2) is 27.3 Å². The average Bonchev–Trinajstić information content (AvgIpc) is 2.27. The van der Waals surface area contributed by atoms with E-state index in [1.807, 2.05) is 26.0 Å². The van der Waals surface area contributed by atoms with Crippen LogP contribution in [0, 0.1) is 0 Å². The third kappa shape index (κ3) is 1.94. The van der Waals surface area contributed by atoms with Crippen molar-refractivity contribution < 1.29 is 9.59 Å². The van der Waals surface area contributed by atoms with E-state index in [9.17, 15) is 9.59 Å². The molecular formula is C9H13NO2S. The number of allylic oxidation sites excluding steroid dienone is 1. The molecule has 2 unspecified atom stereocenters. The van der Waals surface area contributed by atoms with E-state index in [0.717, 1.165) is 11.8 Å². The number of nitrogens with zero attached hydrogens (tertiary/aromatic N) is 1. The van der Waals surface area contributed by atoms with Crippen LogP contribution >= 0.6 is 11.8 Å². The molecule has 2 amide bonds. The second-order valence-corrected chi connectivity index (χ2v) is 4.29. The Kier molecular flexibility index (Phi) is 3.14. The van der Waals surface area contributed by atoms with Crippen molar-refractivity contribution >= 4 is 22.9 Å². The van der Waals surface area contributed by atoms with Crippen LogP contribution in [0.4, 0.5) is 4.79 Å². The van der Waals surface area contributed by atoms with Crippen LogP contribution < -0.4 is 0 Å². The number of thioether (sulfide) groups is 1. The lowest BCUT2D eigenvalue weighted by Gasteiger charge is -2.18. The lowest BCUT2D eigenvalue weighted by molar-refractivity contribution is -0.127. The maximum atomic E-state index is 11.5. The lowest BCUT2D eigenvalue weighted by Crippen LogP contribution is -2.37. The second kappa shape index (κ2) is 3.96. The SMILES string of the molecule is CC=CC(C)N1C(=O)SC(C)C1=O. The van der Waals surface area contributed by atoms with Gasteiger partial charge in [0.1, 0.15) is 0 Å². The number of hydrogen-bond acceptors (Lipinski definition) is 3. The van der Waals surface area contributed by atoms with Gasteiger partial charge in [-0.2, -0.15) is 0 Å². The van der Waals surface area contributed by atoms with Crippen LogP contribution in [0.3, 0.4) is 0 Å². The smallest absolute Gasteiger partial charge is 0.273 e. The Morgan fingerprint density at radius 1 is 1.54 bits per heavy atom. The molecule has 1 rings (SSSR count). The molecule has 0 spiro atoms. The fourth-order valence-corrected chi connectivity index (χ4v) is 2.16. The topological polar surface area (TPSA) is 37.4 Å². The standard InChI is InChI=1S/C9H13NO2S/c1-4-5-6(2)10-8(11)7(3)13-9(10)12/h4-7H,1-3H3. The summed E-state index contributed by atoms with van der Waals surface area (Å²) in [4.78, 5) is 24.1. The number of carbonyl (C=O) groups excluding carboxylic acids is 2.